The van der Waals surface area contributed by atoms with Gasteiger partial charge in [0.1, 0.15) is 5.75 Å². The SMILES string of the molecule is Cc1ccc(C(C)C)c(Oc2ccc(CN3CC(C(=O)O)C3)cc2[N+](=O)[O-])c1. The van der Waals surface area contributed by atoms with Gasteiger partial charge in [0.05, 0.1) is 10.8 Å². The van der Waals surface area contributed by atoms with Gasteiger partial charge in [-0.25, -0.2) is 0 Å². The number of likely N-dealkylation sites (tertiary alicyclic amines) is 1. The van der Waals surface area contributed by atoms with E-state index in [2.05, 4.69) is 0 Å². The first-order valence-electron chi connectivity index (χ1n) is 9.25. The predicted molar refractivity (Wildman–Crippen MR) is 105 cm³/mol. The molecule has 1 N–H and O–H groups in total. The number of carbonyl (C=O) groups is 1. The molecule has 0 unspecified atom stereocenters. The normalized spacial score (nSPS) is 14.7. The van der Waals surface area contributed by atoms with Crippen LogP contribution in [0.25, 0.3) is 0 Å². The van der Waals surface area contributed by atoms with E-state index in [1.807, 2.05) is 43.9 Å². The van der Waals surface area contributed by atoms with Crippen molar-refractivity contribution in [3.05, 3.63) is 63.2 Å². The number of nitro benzene ring substituents is 1. The number of carboxylic acids is 1. The summed E-state index contributed by atoms with van der Waals surface area (Å²) in [5, 5.41) is 20.6. The van der Waals surface area contributed by atoms with Crippen LogP contribution in [0.3, 0.4) is 0 Å². The number of nitrogens with zero attached hydrogens (tertiary/aromatic N) is 2. The van der Waals surface area contributed by atoms with E-state index in [9.17, 15) is 14.9 Å². The molecule has 1 fully saturated rings. The molecule has 0 atom stereocenters. The molecule has 0 spiro atoms. The van der Waals surface area contributed by atoms with Crippen LogP contribution in [0, 0.1) is 23.0 Å². The number of aryl methyl sites for hydroxylation is 1. The van der Waals surface area contributed by atoms with Gasteiger partial charge in [-0.1, -0.05) is 32.0 Å². The maximum Gasteiger partial charge on any atom is 0.311 e. The van der Waals surface area contributed by atoms with Crippen LogP contribution in [-0.2, 0) is 11.3 Å². The van der Waals surface area contributed by atoms with Crippen molar-refractivity contribution < 1.29 is 19.6 Å². The smallest absolute Gasteiger partial charge is 0.311 e. The summed E-state index contributed by atoms with van der Waals surface area (Å²) in [4.78, 5) is 24.0. The monoisotopic (exact) mass is 384 g/mol. The molecule has 148 valence electrons. The van der Waals surface area contributed by atoms with Crippen LogP contribution in [0.2, 0.25) is 0 Å². The molecular formula is C21H24N2O5. The number of carboxylic acid groups (broad SMARTS) is 1. The number of aliphatic carboxylic acids is 1. The minimum absolute atomic E-state index is 0.0935. The summed E-state index contributed by atoms with van der Waals surface area (Å²) in [7, 11) is 0. The first kappa shape index (κ1) is 19.8. The maximum absolute atomic E-state index is 11.6. The molecular weight excluding hydrogens is 360 g/mol. The molecule has 0 radical (unpaired) electrons. The van der Waals surface area contributed by atoms with Crippen LogP contribution in [0.1, 0.15) is 36.5 Å². The van der Waals surface area contributed by atoms with Crippen LogP contribution < -0.4 is 4.74 Å². The number of hydrogen-bond donors (Lipinski definition) is 1. The zero-order valence-electron chi connectivity index (χ0n) is 16.2. The lowest BCUT2D eigenvalue weighted by atomic mass is 9.99. The third-order valence-electron chi connectivity index (χ3n) is 4.94. The van der Waals surface area contributed by atoms with Crippen molar-refractivity contribution >= 4 is 11.7 Å². The van der Waals surface area contributed by atoms with Crippen molar-refractivity contribution in [3.63, 3.8) is 0 Å². The van der Waals surface area contributed by atoms with E-state index in [1.165, 1.54) is 6.07 Å². The molecule has 2 aromatic carbocycles. The van der Waals surface area contributed by atoms with Crippen LogP contribution in [0.5, 0.6) is 11.5 Å². The van der Waals surface area contributed by atoms with E-state index in [1.54, 1.807) is 12.1 Å². The second-order valence-corrected chi connectivity index (χ2v) is 7.59. The minimum atomic E-state index is -0.801. The standard InChI is InChI=1S/C21H24N2O5/c1-13(2)17-6-4-14(3)8-20(17)28-19-7-5-15(9-18(19)23(26)27)10-22-11-16(12-22)21(24)25/h4-9,13,16H,10-12H2,1-3H3,(H,24,25). The summed E-state index contributed by atoms with van der Waals surface area (Å²) >= 11 is 0. The Kier molecular flexibility index (Phi) is 5.65. The number of hydrogen-bond acceptors (Lipinski definition) is 5. The number of benzene rings is 2. The van der Waals surface area contributed by atoms with Crippen LogP contribution in [-0.4, -0.2) is 34.0 Å². The van der Waals surface area contributed by atoms with Gasteiger partial charge in [-0.3, -0.25) is 19.8 Å². The molecule has 0 amide bonds. The van der Waals surface area contributed by atoms with E-state index < -0.39 is 10.9 Å². The van der Waals surface area contributed by atoms with Gasteiger partial charge in [0, 0.05) is 25.7 Å². The minimum Gasteiger partial charge on any atom is -0.481 e. The van der Waals surface area contributed by atoms with E-state index in [4.69, 9.17) is 9.84 Å². The van der Waals surface area contributed by atoms with Gasteiger partial charge in [-0.05, 0) is 41.7 Å². The fourth-order valence-electron chi connectivity index (χ4n) is 3.33. The molecule has 1 aliphatic rings. The Labute approximate surface area is 163 Å². The van der Waals surface area contributed by atoms with Crippen LogP contribution >= 0.6 is 0 Å². The van der Waals surface area contributed by atoms with E-state index in [0.29, 0.717) is 25.4 Å². The Balaban J connectivity index is 1.82. The van der Waals surface area contributed by atoms with Gasteiger partial charge >= 0.3 is 11.7 Å². The summed E-state index contributed by atoms with van der Waals surface area (Å²) in [5.74, 6) is -0.104. The highest BCUT2D eigenvalue weighted by atomic mass is 16.6. The molecule has 0 aliphatic carbocycles. The molecule has 2 aromatic rings. The van der Waals surface area contributed by atoms with E-state index >= 15 is 0 Å². The lowest BCUT2D eigenvalue weighted by Crippen LogP contribution is -2.49. The van der Waals surface area contributed by atoms with E-state index in [-0.39, 0.29) is 23.3 Å². The van der Waals surface area contributed by atoms with Gasteiger partial charge < -0.3 is 9.84 Å². The first-order chi connectivity index (χ1) is 13.2. The van der Waals surface area contributed by atoms with Gasteiger partial charge in [-0.2, -0.15) is 0 Å². The summed E-state index contributed by atoms with van der Waals surface area (Å²) in [6.07, 6.45) is 0. The van der Waals surface area contributed by atoms with Crippen molar-refractivity contribution in [2.45, 2.75) is 33.2 Å². The molecule has 0 bridgehead atoms. The Morgan fingerprint density at radius 1 is 1.25 bits per heavy atom. The largest absolute Gasteiger partial charge is 0.481 e. The highest BCUT2D eigenvalue weighted by molar-refractivity contribution is 5.71. The molecule has 7 nitrogen and oxygen atoms in total. The zero-order chi connectivity index (χ0) is 20.4. The Hall–Kier alpha value is -2.93. The zero-order valence-corrected chi connectivity index (χ0v) is 16.2. The topological polar surface area (TPSA) is 92.9 Å². The molecule has 1 saturated heterocycles. The first-order valence-corrected chi connectivity index (χ1v) is 9.25. The predicted octanol–water partition coefficient (Wildman–Crippen LogP) is 4.34. The summed E-state index contributed by atoms with van der Waals surface area (Å²) in [6.45, 7) is 7.45. The average molecular weight is 384 g/mol. The number of nitro groups is 1. The van der Waals surface area contributed by atoms with Crippen molar-refractivity contribution in [2.24, 2.45) is 5.92 Å². The van der Waals surface area contributed by atoms with Gasteiger partial charge in [0.15, 0.2) is 0 Å². The van der Waals surface area contributed by atoms with Crippen molar-refractivity contribution in [1.82, 2.24) is 4.90 Å². The Morgan fingerprint density at radius 2 is 1.96 bits per heavy atom. The number of ether oxygens (including phenoxy) is 1. The van der Waals surface area contributed by atoms with E-state index in [0.717, 1.165) is 16.7 Å². The molecule has 7 heteroatoms. The second-order valence-electron chi connectivity index (χ2n) is 7.59. The van der Waals surface area contributed by atoms with Crippen molar-refractivity contribution in [2.75, 3.05) is 13.1 Å². The Morgan fingerprint density at radius 3 is 2.57 bits per heavy atom. The van der Waals surface area contributed by atoms with Crippen molar-refractivity contribution in [1.29, 1.82) is 0 Å². The highest BCUT2D eigenvalue weighted by Crippen LogP contribution is 2.37. The van der Waals surface area contributed by atoms with Gasteiger partial charge in [-0.15, -0.1) is 0 Å². The molecule has 0 aromatic heterocycles. The molecule has 28 heavy (non-hydrogen) atoms. The summed E-state index contributed by atoms with van der Waals surface area (Å²) < 4.78 is 5.96. The lowest BCUT2D eigenvalue weighted by molar-refractivity contribution is -0.385. The average Bonchev–Trinajstić information content (AvgIpc) is 2.58. The fraction of sp³-hybridized carbons (Fsp3) is 0.381. The van der Waals surface area contributed by atoms with Gasteiger partial charge in [0.25, 0.3) is 0 Å². The van der Waals surface area contributed by atoms with Crippen LogP contribution in [0.15, 0.2) is 36.4 Å². The molecule has 0 saturated carbocycles. The van der Waals surface area contributed by atoms with Crippen molar-refractivity contribution in [3.8, 4) is 11.5 Å². The fourth-order valence-corrected chi connectivity index (χ4v) is 3.33. The lowest BCUT2D eigenvalue weighted by Gasteiger charge is -2.36. The van der Waals surface area contributed by atoms with Gasteiger partial charge in [0.2, 0.25) is 5.75 Å². The third kappa shape index (κ3) is 4.31. The second kappa shape index (κ2) is 7.98. The highest BCUT2D eigenvalue weighted by Gasteiger charge is 2.32. The molecule has 3 rings (SSSR count). The quantitative estimate of drug-likeness (QED) is 0.564. The number of rotatable bonds is 7. The van der Waals surface area contributed by atoms with Crippen LogP contribution in [0.4, 0.5) is 5.69 Å². The maximum atomic E-state index is 11.6. The third-order valence-corrected chi connectivity index (χ3v) is 4.94. The summed E-state index contributed by atoms with van der Waals surface area (Å²) in [6, 6.07) is 10.8. The summed E-state index contributed by atoms with van der Waals surface area (Å²) in [5.41, 5.74) is 2.67. The molecule has 1 aliphatic heterocycles. The molecule has 1 heterocycles. The Bertz CT molecular complexity index is 904.